The van der Waals surface area contributed by atoms with Crippen LogP contribution in [0, 0.1) is 0 Å². The number of carbonyl (C=O) groups is 1. The van der Waals surface area contributed by atoms with Gasteiger partial charge in [0.05, 0.1) is 0 Å². The molecule has 11 heavy (non-hydrogen) atoms. The van der Waals surface area contributed by atoms with E-state index in [1.165, 1.54) is 0 Å². The summed E-state index contributed by atoms with van der Waals surface area (Å²) in [6.07, 6.45) is -0.166. The van der Waals surface area contributed by atoms with Crippen LogP contribution in [0.25, 0.3) is 0 Å². The van der Waals surface area contributed by atoms with Gasteiger partial charge in [-0.25, -0.2) is 9.18 Å². The van der Waals surface area contributed by atoms with Gasteiger partial charge in [0.25, 0.3) is 0 Å². The molecule has 1 rings (SSSR count). The van der Waals surface area contributed by atoms with Gasteiger partial charge in [-0.2, -0.15) is 0 Å². The molecule has 0 radical (unpaired) electrons. The van der Waals surface area contributed by atoms with Crippen LogP contribution >= 0.6 is 0 Å². The summed E-state index contributed by atoms with van der Waals surface area (Å²) in [5.74, 6) is -1.44. The maximum absolute atomic E-state index is 12.9. The molecule has 1 fully saturated rings. The van der Waals surface area contributed by atoms with E-state index in [2.05, 4.69) is 0 Å². The highest BCUT2D eigenvalue weighted by atomic mass is 19.1. The Labute approximate surface area is 63.8 Å². The molecule has 64 valence electrons. The van der Waals surface area contributed by atoms with E-state index in [-0.39, 0.29) is 12.8 Å². The van der Waals surface area contributed by atoms with Crippen molar-refractivity contribution in [2.24, 2.45) is 0 Å². The second-order valence-electron chi connectivity index (χ2n) is 2.94. The van der Waals surface area contributed by atoms with Crippen LogP contribution < -0.4 is 0 Å². The van der Waals surface area contributed by atoms with E-state index in [0.29, 0.717) is 12.8 Å². The molecule has 0 spiro atoms. The lowest BCUT2D eigenvalue weighted by Crippen LogP contribution is -2.49. The van der Waals surface area contributed by atoms with Crippen LogP contribution in [0.1, 0.15) is 25.7 Å². The Bertz CT molecular complexity index is 171. The fraction of sp³-hybridized carbons (Fsp3) is 0.857. The number of aliphatic hydroxyl groups is 1. The predicted octanol–water partition coefficient (Wildman–Crippen LogP) is 0.714. The zero-order valence-electron chi connectivity index (χ0n) is 6.09. The quantitative estimate of drug-likeness (QED) is 0.597. The molecule has 0 aliphatic heterocycles. The van der Waals surface area contributed by atoms with Crippen LogP contribution in [0.4, 0.5) is 4.39 Å². The number of carboxylic acid groups (broad SMARTS) is 1. The van der Waals surface area contributed by atoms with Gasteiger partial charge in [-0.3, -0.25) is 0 Å². The zero-order chi connectivity index (χ0) is 8.48. The molecule has 2 atom stereocenters. The highest BCUT2D eigenvalue weighted by Crippen LogP contribution is 2.30. The lowest BCUT2D eigenvalue weighted by Gasteiger charge is -2.30. The first-order valence-electron chi connectivity index (χ1n) is 3.67. The molecule has 1 aliphatic rings. The molecule has 0 amide bonds. The van der Waals surface area contributed by atoms with Crippen molar-refractivity contribution in [2.45, 2.75) is 37.5 Å². The topological polar surface area (TPSA) is 57.5 Å². The van der Waals surface area contributed by atoms with Gasteiger partial charge in [-0.15, -0.1) is 0 Å². The third kappa shape index (κ3) is 1.35. The van der Waals surface area contributed by atoms with Crippen molar-refractivity contribution in [3.05, 3.63) is 0 Å². The van der Waals surface area contributed by atoms with Gasteiger partial charge >= 0.3 is 5.97 Å². The Morgan fingerprint density at radius 1 is 1.55 bits per heavy atom. The van der Waals surface area contributed by atoms with Gasteiger partial charge in [-0.1, -0.05) is 6.42 Å². The lowest BCUT2D eigenvalue weighted by atomic mass is 9.83. The molecule has 0 bridgehead atoms. The molecule has 0 saturated heterocycles. The summed E-state index contributed by atoms with van der Waals surface area (Å²) in [6.45, 7) is 0. The van der Waals surface area contributed by atoms with E-state index in [0.717, 1.165) is 0 Å². The van der Waals surface area contributed by atoms with Gasteiger partial charge in [0.1, 0.15) is 6.17 Å². The average molecular weight is 162 g/mol. The number of rotatable bonds is 1. The van der Waals surface area contributed by atoms with Crippen molar-refractivity contribution in [3.63, 3.8) is 0 Å². The highest BCUT2D eigenvalue weighted by molar-refractivity contribution is 5.78. The van der Waals surface area contributed by atoms with Gasteiger partial charge < -0.3 is 10.2 Å². The Hall–Kier alpha value is -0.640. The van der Waals surface area contributed by atoms with Crippen LogP contribution in [-0.4, -0.2) is 28.0 Å². The van der Waals surface area contributed by atoms with Crippen LogP contribution in [-0.2, 0) is 4.79 Å². The van der Waals surface area contributed by atoms with E-state index in [4.69, 9.17) is 5.11 Å². The Morgan fingerprint density at radius 2 is 2.18 bits per heavy atom. The second-order valence-corrected chi connectivity index (χ2v) is 2.94. The third-order valence-corrected chi connectivity index (χ3v) is 2.15. The van der Waals surface area contributed by atoms with Gasteiger partial charge in [0.15, 0.2) is 5.60 Å². The number of halogens is 1. The maximum atomic E-state index is 12.9. The van der Waals surface area contributed by atoms with E-state index >= 15 is 0 Å². The number of aliphatic carboxylic acids is 1. The summed E-state index contributed by atoms with van der Waals surface area (Å²) in [7, 11) is 0. The minimum absolute atomic E-state index is 0.0312. The van der Waals surface area contributed by atoms with Gasteiger partial charge in [0.2, 0.25) is 0 Å². The van der Waals surface area contributed by atoms with Crippen molar-refractivity contribution >= 4 is 5.97 Å². The van der Waals surface area contributed by atoms with Crippen LogP contribution in [0.2, 0.25) is 0 Å². The predicted molar refractivity (Wildman–Crippen MR) is 35.9 cm³/mol. The maximum Gasteiger partial charge on any atom is 0.338 e. The number of hydrogen-bond acceptors (Lipinski definition) is 2. The van der Waals surface area contributed by atoms with Gasteiger partial charge in [-0.05, 0) is 19.3 Å². The lowest BCUT2D eigenvalue weighted by molar-refractivity contribution is -0.170. The Kier molecular flexibility index (Phi) is 2.13. The van der Waals surface area contributed by atoms with E-state index in [1.807, 2.05) is 0 Å². The third-order valence-electron chi connectivity index (χ3n) is 2.15. The van der Waals surface area contributed by atoms with E-state index in [1.54, 1.807) is 0 Å². The fourth-order valence-electron chi connectivity index (χ4n) is 1.35. The average Bonchev–Trinajstić information content (AvgIpc) is 1.95. The van der Waals surface area contributed by atoms with E-state index < -0.39 is 17.7 Å². The van der Waals surface area contributed by atoms with Crippen LogP contribution in [0.3, 0.4) is 0 Å². The summed E-state index contributed by atoms with van der Waals surface area (Å²) < 4.78 is 12.9. The molecule has 2 N–H and O–H groups in total. The first-order valence-corrected chi connectivity index (χ1v) is 3.67. The Morgan fingerprint density at radius 3 is 2.55 bits per heavy atom. The smallest absolute Gasteiger partial charge is 0.338 e. The van der Waals surface area contributed by atoms with Crippen LogP contribution in [0.5, 0.6) is 0 Å². The van der Waals surface area contributed by atoms with Crippen molar-refractivity contribution in [3.8, 4) is 0 Å². The summed E-state index contributed by atoms with van der Waals surface area (Å²) in [5, 5.41) is 17.7. The molecule has 1 saturated carbocycles. The number of carboxylic acids is 1. The van der Waals surface area contributed by atoms with Crippen molar-refractivity contribution in [2.75, 3.05) is 0 Å². The molecule has 1 aliphatic carbocycles. The highest BCUT2D eigenvalue weighted by Gasteiger charge is 2.46. The molecule has 0 aromatic heterocycles. The Balaban J connectivity index is 2.72. The van der Waals surface area contributed by atoms with Crippen LogP contribution in [0.15, 0.2) is 0 Å². The SMILES string of the molecule is O=C(O)C1(O)CCCCC1F. The monoisotopic (exact) mass is 162 g/mol. The standard InChI is InChI=1S/C7H11FO3/c8-5-3-1-2-4-7(5,11)6(9)10/h5,11H,1-4H2,(H,9,10). The number of hydrogen-bond donors (Lipinski definition) is 2. The largest absolute Gasteiger partial charge is 0.479 e. The summed E-state index contributed by atoms with van der Waals surface area (Å²) >= 11 is 0. The first kappa shape index (κ1) is 8.46. The molecule has 0 aromatic rings. The molecular weight excluding hydrogens is 151 g/mol. The normalized spacial score (nSPS) is 38.5. The minimum atomic E-state index is -2.11. The second kappa shape index (κ2) is 2.77. The number of alkyl halides is 1. The summed E-state index contributed by atoms with van der Waals surface area (Å²) in [4.78, 5) is 10.4. The fourth-order valence-corrected chi connectivity index (χ4v) is 1.35. The minimum Gasteiger partial charge on any atom is -0.479 e. The van der Waals surface area contributed by atoms with Gasteiger partial charge in [0, 0.05) is 0 Å². The van der Waals surface area contributed by atoms with Crippen molar-refractivity contribution < 1.29 is 19.4 Å². The molecular formula is C7H11FO3. The van der Waals surface area contributed by atoms with Crippen molar-refractivity contribution in [1.29, 1.82) is 0 Å². The molecule has 0 aromatic carbocycles. The van der Waals surface area contributed by atoms with Crippen molar-refractivity contribution in [1.82, 2.24) is 0 Å². The first-order chi connectivity index (χ1) is 5.07. The molecule has 2 unspecified atom stereocenters. The summed E-state index contributed by atoms with van der Waals surface area (Å²) in [5.41, 5.74) is -2.11. The molecule has 0 heterocycles. The molecule has 4 heteroatoms. The molecule has 3 nitrogen and oxygen atoms in total. The van der Waals surface area contributed by atoms with E-state index in [9.17, 15) is 14.3 Å². The summed E-state index contributed by atoms with van der Waals surface area (Å²) in [6, 6.07) is 0. The zero-order valence-corrected chi connectivity index (χ0v) is 6.09.